The summed E-state index contributed by atoms with van der Waals surface area (Å²) >= 11 is 1.92. The Bertz CT molecular complexity index is 311. The van der Waals surface area contributed by atoms with Crippen molar-refractivity contribution in [2.75, 3.05) is 25.6 Å². The molecule has 0 radical (unpaired) electrons. The molecule has 1 aliphatic heterocycles. The molecule has 88 valence electrons. The van der Waals surface area contributed by atoms with Gasteiger partial charge in [0, 0.05) is 18.7 Å². The second kappa shape index (κ2) is 6.11. The van der Waals surface area contributed by atoms with E-state index in [0.717, 1.165) is 12.3 Å². The van der Waals surface area contributed by atoms with Crippen molar-refractivity contribution in [3.8, 4) is 5.75 Å². The number of rotatable bonds is 5. The lowest BCUT2D eigenvalue weighted by Crippen LogP contribution is -2.11. The summed E-state index contributed by atoms with van der Waals surface area (Å²) in [6.45, 7) is 1.21. The highest BCUT2D eigenvalue weighted by Gasteiger charge is 2.16. The van der Waals surface area contributed by atoms with Gasteiger partial charge >= 0.3 is 0 Å². The topological polar surface area (TPSA) is 21.3 Å². The maximum Gasteiger partial charge on any atom is 0.119 e. The van der Waals surface area contributed by atoms with E-state index in [1.807, 2.05) is 23.9 Å². The first-order valence-electron chi connectivity index (χ1n) is 5.54. The van der Waals surface area contributed by atoms with E-state index in [2.05, 4.69) is 17.4 Å². The van der Waals surface area contributed by atoms with Gasteiger partial charge in [0.1, 0.15) is 5.75 Å². The van der Waals surface area contributed by atoms with Crippen LogP contribution in [0.4, 0.5) is 4.39 Å². The van der Waals surface area contributed by atoms with Crippen LogP contribution < -0.4 is 10.1 Å². The molecule has 0 unspecified atom stereocenters. The Balaban J connectivity index is 1.88. The lowest BCUT2D eigenvalue weighted by molar-refractivity contribution is 0.289. The molecule has 1 N–H and O–H groups in total. The number of thioether (sulfide) groups is 1. The largest absolute Gasteiger partial charge is 0.494 e. The Morgan fingerprint density at radius 3 is 2.81 bits per heavy atom. The van der Waals surface area contributed by atoms with Crippen molar-refractivity contribution in [3.63, 3.8) is 0 Å². The van der Waals surface area contributed by atoms with E-state index in [1.54, 1.807) is 0 Å². The molecule has 0 aliphatic carbocycles. The fourth-order valence-electron chi connectivity index (χ4n) is 1.62. The van der Waals surface area contributed by atoms with Gasteiger partial charge in [-0.25, -0.2) is 0 Å². The van der Waals surface area contributed by atoms with Crippen LogP contribution in [-0.2, 0) is 0 Å². The highest BCUT2D eigenvalue weighted by Crippen LogP contribution is 2.30. The molecule has 1 atom stereocenters. The fourth-order valence-corrected chi connectivity index (χ4v) is 2.68. The van der Waals surface area contributed by atoms with Gasteiger partial charge in [0.2, 0.25) is 0 Å². The maximum atomic E-state index is 11.9. The molecule has 2 rings (SSSR count). The zero-order chi connectivity index (χ0) is 11.2. The molecule has 0 aromatic heterocycles. The van der Waals surface area contributed by atoms with Crippen molar-refractivity contribution in [2.45, 2.75) is 11.8 Å². The van der Waals surface area contributed by atoms with Crippen molar-refractivity contribution in [1.29, 1.82) is 0 Å². The van der Waals surface area contributed by atoms with E-state index in [1.165, 1.54) is 11.3 Å². The molecule has 1 fully saturated rings. The van der Waals surface area contributed by atoms with Crippen molar-refractivity contribution >= 4 is 11.8 Å². The number of hydrogen-bond donors (Lipinski definition) is 1. The first kappa shape index (κ1) is 11.7. The Hall–Kier alpha value is -0.740. The van der Waals surface area contributed by atoms with E-state index in [0.29, 0.717) is 18.4 Å². The van der Waals surface area contributed by atoms with Gasteiger partial charge in [0.25, 0.3) is 0 Å². The van der Waals surface area contributed by atoms with Crippen LogP contribution in [-0.4, -0.2) is 25.6 Å². The molecular formula is C12H16FNOS. The van der Waals surface area contributed by atoms with Crippen LogP contribution in [0.25, 0.3) is 0 Å². The normalized spacial score (nSPS) is 19.9. The standard InChI is InChI=1S/C12H16FNOS/c13-6-1-8-15-11-4-2-10(3-5-11)12-14-7-9-16-12/h2-5,12,14H,1,6-9H2/t12-/m0/s1. The molecule has 0 saturated carbocycles. The Kier molecular flexibility index (Phi) is 4.48. The third kappa shape index (κ3) is 3.12. The first-order chi connectivity index (χ1) is 7.90. The van der Waals surface area contributed by atoms with Crippen LogP contribution in [0.3, 0.4) is 0 Å². The number of hydrogen-bond acceptors (Lipinski definition) is 3. The summed E-state index contributed by atoms with van der Waals surface area (Å²) in [7, 11) is 0. The van der Waals surface area contributed by atoms with Gasteiger partial charge in [-0.3, -0.25) is 4.39 Å². The maximum absolute atomic E-state index is 11.9. The summed E-state index contributed by atoms with van der Waals surface area (Å²) < 4.78 is 17.3. The number of halogens is 1. The average Bonchev–Trinajstić information content (AvgIpc) is 2.84. The molecule has 4 heteroatoms. The molecule has 0 amide bonds. The van der Waals surface area contributed by atoms with Gasteiger partial charge in [-0.15, -0.1) is 11.8 Å². The average molecular weight is 241 g/mol. The smallest absolute Gasteiger partial charge is 0.119 e. The predicted octanol–water partition coefficient (Wildman–Crippen LogP) is 2.76. The van der Waals surface area contributed by atoms with Crippen molar-refractivity contribution in [3.05, 3.63) is 29.8 Å². The van der Waals surface area contributed by atoms with E-state index >= 15 is 0 Å². The molecule has 1 aromatic carbocycles. The first-order valence-corrected chi connectivity index (χ1v) is 6.59. The van der Waals surface area contributed by atoms with Gasteiger partial charge < -0.3 is 10.1 Å². The van der Waals surface area contributed by atoms with Gasteiger partial charge in [-0.1, -0.05) is 12.1 Å². The van der Waals surface area contributed by atoms with Crippen LogP contribution in [0.5, 0.6) is 5.75 Å². The molecule has 1 aromatic rings. The zero-order valence-electron chi connectivity index (χ0n) is 9.12. The van der Waals surface area contributed by atoms with Gasteiger partial charge in [0.15, 0.2) is 0 Å². The summed E-state index contributed by atoms with van der Waals surface area (Å²) in [5, 5.41) is 3.83. The number of ether oxygens (including phenoxy) is 1. The fraction of sp³-hybridized carbons (Fsp3) is 0.500. The predicted molar refractivity (Wildman–Crippen MR) is 65.7 cm³/mol. The van der Waals surface area contributed by atoms with E-state index in [4.69, 9.17) is 4.74 Å². The molecular weight excluding hydrogens is 225 g/mol. The Labute approximate surface area is 99.6 Å². The summed E-state index contributed by atoms with van der Waals surface area (Å²) in [5.41, 5.74) is 1.28. The third-order valence-corrected chi connectivity index (χ3v) is 3.66. The quantitative estimate of drug-likeness (QED) is 0.801. The molecule has 2 nitrogen and oxygen atoms in total. The van der Waals surface area contributed by atoms with Crippen LogP contribution in [0.2, 0.25) is 0 Å². The minimum atomic E-state index is -0.319. The van der Waals surface area contributed by atoms with Crippen LogP contribution >= 0.6 is 11.8 Å². The van der Waals surface area contributed by atoms with Crippen molar-refractivity contribution in [2.24, 2.45) is 0 Å². The summed E-state index contributed by atoms with van der Waals surface area (Å²) in [6, 6.07) is 8.05. The van der Waals surface area contributed by atoms with E-state index in [-0.39, 0.29) is 6.67 Å². The highest BCUT2D eigenvalue weighted by atomic mass is 32.2. The second-order valence-corrected chi connectivity index (χ2v) is 4.88. The second-order valence-electron chi connectivity index (χ2n) is 3.66. The van der Waals surface area contributed by atoms with Crippen molar-refractivity contribution in [1.82, 2.24) is 5.32 Å². The molecule has 1 aliphatic rings. The molecule has 0 bridgehead atoms. The zero-order valence-corrected chi connectivity index (χ0v) is 9.93. The lowest BCUT2D eigenvalue weighted by atomic mass is 10.2. The minimum Gasteiger partial charge on any atom is -0.494 e. The van der Waals surface area contributed by atoms with Gasteiger partial charge in [0.05, 0.1) is 18.7 Å². The van der Waals surface area contributed by atoms with Gasteiger partial charge in [-0.2, -0.15) is 0 Å². The van der Waals surface area contributed by atoms with Gasteiger partial charge in [-0.05, 0) is 17.7 Å². The highest BCUT2D eigenvalue weighted by molar-refractivity contribution is 7.99. The van der Waals surface area contributed by atoms with Crippen molar-refractivity contribution < 1.29 is 9.13 Å². The Morgan fingerprint density at radius 2 is 2.19 bits per heavy atom. The minimum absolute atomic E-state index is 0.319. The molecule has 1 saturated heterocycles. The lowest BCUT2D eigenvalue weighted by Gasteiger charge is -2.11. The van der Waals surface area contributed by atoms with E-state index in [9.17, 15) is 4.39 Å². The number of alkyl halides is 1. The SMILES string of the molecule is FCCCOc1ccc([C@H]2NCCS2)cc1. The Morgan fingerprint density at radius 1 is 1.38 bits per heavy atom. The van der Waals surface area contributed by atoms with Crippen LogP contribution in [0.1, 0.15) is 17.4 Å². The van der Waals surface area contributed by atoms with Crippen LogP contribution in [0, 0.1) is 0 Å². The summed E-state index contributed by atoms with van der Waals surface area (Å²) in [5.74, 6) is 1.99. The number of nitrogens with one attached hydrogen (secondary N) is 1. The number of benzene rings is 1. The summed E-state index contributed by atoms with van der Waals surface area (Å²) in [4.78, 5) is 0. The van der Waals surface area contributed by atoms with E-state index < -0.39 is 0 Å². The molecule has 1 heterocycles. The summed E-state index contributed by atoms with van der Waals surface area (Å²) in [6.07, 6.45) is 0.460. The van der Waals surface area contributed by atoms with Crippen LogP contribution in [0.15, 0.2) is 24.3 Å². The monoisotopic (exact) mass is 241 g/mol. The third-order valence-electron chi connectivity index (χ3n) is 2.45. The molecule has 16 heavy (non-hydrogen) atoms. The molecule has 0 spiro atoms.